The first-order chi connectivity index (χ1) is 10.5. The number of carbonyl (C=O) groups excluding carboxylic acids is 1. The fourth-order valence-corrected chi connectivity index (χ4v) is 2.05. The van der Waals surface area contributed by atoms with Crippen molar-refractivity contribution in [2.45, 2.75) is 13.8 Å². The van der Waals surface area contributed by atoms with Crippen LogP contribution in [0.3, 0.4) is 0 Å². The summed E-state index contributed by atoms with van der Waals surface area (Å²) in [6.07, 6.45) is 0. The largest absolute Gasteiger partial charge is 0.493 e. The van der Waals surface area contributed by atoms with Gasteiger partial charge in [0.05, 0.1) is 7.11 Å². The van der Waals surface area contributed by atoms with Crippen LogP contribution in [0, 0.1) is 13.8 Å². The lowest BCUT2D eigenvalue weighted by Crippen LogP contribution is -2.20. The first-order valence-corrected chi connectivity index (χ1v) is 6.93. The monoisotopic (exact) mass is 300 g/mol. The summed E-state index contributed by atoms with van der Waals surface area (Å²) in [6, 6.07) is 10.9. The van der Waals surface area contributed by atoms with Crippen molar-refractivity contribution in [3.8, 4) is 11.5 Å². The number of hydrogen-bond donors (Lipinski definition) is 2. The Bertz CT molecular complexity index is 684. The minimum Gasteiger partial charge on any atom is -0.493 e. The Morgan fingerprint density at radius 2 is 1.91 bits per heavy atom. The van der Waals surface area contributed by atoms with Crippen molar-refractivity contribution in [3.05, 3.63) is 47.5 Å². The number of benzene rings is 2. The summed E-state index contributed by atoms with van der Waals surface area (Å²) < 4.78 is 10.8. The topological polar surface area (TPSA) is 73.6 Å². The molecule has 5 nitrogen and oxygen atoms in total. The van der Waals surface area contributed by atoms with E-state index in [0.29, 0.717) is 17.2 Å². The number of amides is 1. The molecule has 5 heteroatoms. The van der Waals surface area contributed by atoms with E-state index in [1.807, 2.05) is 26.0 Å². The van der Waals surface area contributed by atoms with Gasteiger partial charge in [0.1, 0.15) is 0 Å². The van der Waals surface area contributed by atoms with Crippen molar-refractivity contribution >= 4 is 17.3 Å². The minimum absolute atomic E-state index is 0.0940. The zero-order valence-corrected chi connectivity index (χ0v) is 13.0. The van der Waals surface area contributed by atoms with Crippen LogP contribution < -0.4 is 20.5 Å². The number of nitrogen functional groups attached to an aromatic ring is 1. The number of aryl methyl sites for hydroxylation is 2. The van der Waals surface area contributed by atoms with Crippen LogP contribution in [-0.4, -0.2) is 19.6 Å². The molecule has 0 fully saturated rings. The fraction of sp³-hybridized carbons (Fsp3) is 0.235. The smallest absolute Gasteiger partial charge is 0.262 e. The van der Waals surface area contributed by atoms with Gasteiger partial charge in [0.15, 0.2) is 18.1 Å². The van der Waals surface area contributed by atoms with Crippen LogP contribution in [0.15, 0.2) is 36.4 Å². The van der Waals surface area contributed by atoms with Crippen molar-refractivity contribution in [1.29, 1.82) is 0 Å². The number of rotatable bonds is 5. The van der Waals surface area contributed by atoms with Crippen molar-refractivity contribution in [1.82, 2.24) is 0 Å². The van der Waals surface area contributed by atoms with Crippen LogP contribution in [0.25, 0.3) is 0 Å². The molecule has 0 aromatic heterocycles. The van der Waals surface area contributed by atoms with Crippen LogP contribution in [0.1, 0.15) is 11.1 Å². The van der Waals surface area contributed by atoms with E-state index in [0.717, 1.165) is 16.8 Å². The normalized spacial score (nSPS) is 10.1. The molecule has 116 valence electrons. The van der Waals surface area contributed by atoms with Crippen LogP contribution in [0.5, 0.6) is 11.5 Å². The Kier molecular flexibility index (Phi) is 4.88. The Hall–Kier alpha value is -2.69. The number of ether oxygens (including phenoxy) is 2. The van der Waals surface area contributed by atoms with Crippen molar-refractivity contribution < 1.29 is 14.3 Å². The predicted molar refractivity (Wildman–Crippen MR) is 87.4 cm³/mol. The quantitative estimate of drug-likeness (QED) is 0.833. The molecule has 3 N–H and O–H groups in total. The second-order valence-corrected chi connectivity index (χ2v) is 5.07. The SMILES string of the molecule is COc1cc(C)ccc1OCC(=O)Nc1ccc(N)cc1C. The standard InChI is InChI=1S/C17H20N2O3/c1-11-4-7-15(16(8-11)21-3)22-10-17(20)19-14-6-5-13(18)9-12(14)2/h4-9H,10,18H2,1-3H3,(H,19,20). The molecule has 0 radical (unpaired) electrons. The van der Waals surface area contributed by atoms with E-state index >= 15 is 0 Å². The summed E-state index contributed by atoms with van der Waals surface area (Å²) in [5, 5.41) is 2.80. The number of hydrogen-bond acceptors (Lipinski definition) is 4. The average Bonchev–Trinajstić information content (AvgIpc) is 2.48. The summed E-state index contributed by atoms with van der Waals surface area (Å²) in [4.78, 5) is 12.0. The summed E-state index contributed by atoms with van der Waals surface area (Å²) in [7, 11) is 1.57. The highest BCUT2D eigenvalue weighted by molar-refractivity contribution is 5.92. The molecule has 0 heterocycles. The molecule has 0 bridgehead atoms. The van der Waals surface area contributed by atoms with Gasteiger partial charge in [-0.25, -0.2) is 0 Å². The molecule has 2 aromatic rings. The van der Waals surface area contributed by atoms with Gasteiger partial charge in [-0.2, -0.15) is 0 Å². The van der Waals surface area contributed by atoms with E-state index in [9.17, 15) is 4.79 Å². The van der Waals surface area contributed by atoms with Crippen LogP contribution >= 0.6 is 0 Å². The molecular weight excluding hydrogens is 280 g/mol. The number of methoxy groups -OCH3 is 1. The van der Waals surface area contributed by atoms with Crippen molar-refractivity contribution in [2.75, 3.05) is 24.8 Å². The molecule has 0 aliphatic rings. The van der Waals surface area contributed by atoms with Crippen LogP contribution in [0.2, 0.25) is 0 Å². The Balaban J connectivity index is 1.98. The Morgan fingerprint density at radius 1 is 1.14 bits per heavy atom. The molecule has 0 aliphatic carbocycles. The van der Waals surface area contributed by atoms with Crippen LogP contribution in [-0.2, 0) is 4.79 Å². The summed E-state index contributed by atoms with van der Waals surface area (Å²) in [5.74, 6) is 0.907. The molecule has 1 amide bonds. The second-order valence-electron chi connectivity index (χ2n) is 5.07. The van der Waals surface area contributed by atoms with Gasteiger partial charge >= 0.3 is 0 Å². The Morgan fingerprint density at radius 3 is 2.59 bits per heavy atom. The lowest BCUT2D eigenvalue weighted by molar-refractivity contribution is -0.118. The average molecular weight is 300 g/mol. The van der Waals surface area contributed by atoms with Crippen LogP contribution in [0.4, 0.5) is 11.4 Å². The van der Waals surface area contributed by atoms with E-state index in [1.165, 1.54) is 0 Å². The molecule has 0 unspecified atom stereocenters. The first-order valence-electron chi connectivity index (χ1n) is 6.93. The number of nitrogens with two attached hydrogens (primary N) is 1. The number of carbonyl (C=O) groups is 1. The summed E-state index contributed by atoms with van der Waals surface area (Å²) in [5.41, 5.74) is 9.04. The second kappa shape index (κ2) is 6.85. The summed E-state index contributed by atoms with van der Waals surface area (Å²) >= 11 is 0. The molecule has 0 saturated heterocycles. The maximum atomic E-state index is 12.0. The highest BCUT2D eigenvalue weighted by atomic mass is 16.5. The van der Waals surface area contributed by atoms with Gasteiger partial charge in [-0.15, -0.1) is 0 Å². The van der Waals surface area contributed by atoms with Gasteiger partial charge in [0.25, 0.3) is 5.91 Å². The molecule has 0 atom stereocenters. The maximum Gasteiger partial charge on any atom is 0.262 e. The molecule has 0 saturated carbocycles. The third-order valence-corrected chi connectivity index (χ3v) is 3.20. The number of anilines is 2. The predicted octanol–water partition coefficient (Wildman–Crippen LogP) is 2.91. The zero-order chi connectivity index (χ0) is 16.1. The lowest BCUT2D eigenvalue weighted by Gasteiger charge is -2.12. The van der Waals surface area contributed by atoms with E-state index in [-0.39, 0.29) is 12.5 Å². The van der Waals surface area contributed by atoms with E-state index in [2.05, 4.69) is 5.32 Å². The fourth-order valence-electron chi connectivity index (χ4n) is 2.05. The van der Waals surface area contributed by atoms with E-state index < -0.39 is 0 Å². The van der Waals surface area contributed by atoms with Crippen molar-refractivity contribution in [2.24, 2.45) is 0 Å². The lowest BCUT2D eigenvalue weighted by atomic mass is 10.2. The first kappa shape index (κ1) is 15.7. The molecular formula is C17H20N2O3. The summed E-state index contributed by atoms with van der Waals surface area (Å²) in [6.45, 7) is 3.75. The van der Waals surface area contributed by atoms with Crippen molar-refractivity contribution in [3.63, 3.8) is 0 Å². The van der Waals surface area contributed by atoms with Gasteiger partial charge in [0.2, 0.25) is 0 Å². The van der Waals surface area contributed by atoms with E-state index in [1.54, 1.807) is 31.4 Å². The van der Waals surface area contributed by atoms with Gasteiger partial charge in [0, 0.05) is 11.4 Å². The Labute approximate surface area is 130 Å². The number of nitrogens with one attached hydrogen (secondary N) is 1. The third kappa shape index (κ3) is 3.91. The van der Waals surface area contributed by atoms with Gasteiger partial charge in [-0.05, 0) is 55.3 Å². The zero-order valence-electron chi connectivity index (χ0n) is 13.0. The molecule has 0 aliphatic heterocycles. The minimum atomic E-state index is -0.240. The molecule has 2 rings (SSSR count). The molecule has 0 spiro atoms. The van der Waals surface area contributed by atoms with Gasteiger partial charge in [-0.3, -0.25) is 4.79 Å². The molecule has 2 aromatic carbocycles. The maximum absolute atomic E-state index is 12.0. The molecule has 22 heavy (non-hydrogen) atoms. The van der Waals surface area contributed by atoms with Gasteiger partial charge < -0.3 is 20.5 Å². The van der Waals surface area contributed by atoms with Gasteiger partial charge in [-0.1, -0.05) is 6.07 Å². The van der Waals surface area contributed by atoms with E-state index in [4.69, 9.17) is 15.2 Å². The highest BCUT2D eigenvalue weighted by Gasteiger charge is 2.09. The third-order valence-electron chi connectivity index (χ3n) is 3.20. The highest BCUT2D eigenvalue weighted by Crippen LogP contribution is 2.27.